The van der Waals surface area contributed by atoms with E-state index in [1.807, 2.05) is 4.68 Å². The van der Waals surface area contributed by atoms with Crippen LogP contribution in [0.1, 0.15) is 33.5 Å². The van der Waals surface area contributed by atoms with Gasteiger partial charge in [-0.2, -0.15) is 0 Å². The van der Waals surface area contributed by atoms with E-state index in [-0.39, 0.29) is 11.5 Å². The molecule has 1 aliphatic rings. The summed E-state index contributed by atoms with van der Waals surface area (Å²) in [4.78, 5) is 6.76. The highest BCUT2D eigenvalue weighted by molar-refractivity contribution is 7.71. The fraction of sp³-hybridized carbons (Fsp3) is 0.833. The van der Waals surface area contributed by atoms with E-state index in [1.54, 1.807) is 0 Å². The first-order valence-electron chi connectivity index (χ1n) is 6.37. The fourth-order valence-corrected chi connectivity index (χ4v) is 2.20. The van der Waals surface area contributed by atoms with Gasteiger partial charge in [0.2, 0.25) is 4.77 Å². The van der Waals surface area contributed by atoms with Gasteiger partial charge in [0.05, 0.1) is 19.4 Å². The Morgan fingerprint density at radius 2 is 2.22 bits per heavy atom. The van der Waals surface area contributed by atoms with Gasteiger partial charge in [-0.05, 0) is 19.1 Å². The molecule has 1 aromatic heterocycles. The Kier molecular flexibility index (Phi) is 3.89. The molecule has 5 nitrogen and oxygen atoms in total. The number of hydrogen-bond acceptors (Lipinski definition) is 4. The summed E-state index contributed by atoms with van der Waals surface area (Å²) in [5.74, 6) is 0.939. The Hall–Kier alpha value is -0.720. The van der Waals surface area contributed by atoms with E-state index in [1.165, 1.54) is 0 Å². The SMILES string of the molecule is C[C@H]1CN(Cn2[nH]c(C(C)(C)C)nc2=S)CCO1. The van der Waals surface area contributed by atoms with E-state index >= 15 is 0 Å². The molecular weight excluding hydrogens is 248 g/mol. The molecule has 18 heavy (non-hydrogen) atoms. The fourth-order valence-electron chi connectivity index (χ4n) is 2.01. The Morgan fingerprint density at radius 3 is 2.78 bits per heavy atom. The van der Waals surface area contributed by atoms with E-state index in [4.69, 9.17) is 17.0 Å². The number of aromatic nitrogens is 3. The van der Waals surface area contributed by atoms with Crippen molar-refractivity contribution in [3.63, 3.8) is 0 Å². The largest absolute Gasteiger partial charge is 0.376 e. The van der Waals surface area contributed by atoms with Crippen LogP contribution in [0.3, 0.4) is 0 Å². The molecule has 0 aromatic carbocycles. The molecule has 0 spiro atoms. The van der Waals surface area contributed by atoms with Crippen molar-refractivity contribution in [1.29, 1.82) is 0 Å². The van der Waals surface area contributed by atoms with E-state index < -0.39 is 0 Å². The van der Waals surface area contributed by atoms with Crippen molar-refractivity contribution in [3.05, 3.63) is 10.6 Å². The molecule has 0 radical (unpaired) electrons. The zero-order valence-electron chi connectivity index (χ0n) is 11.6. The van der Waals surface area contributed by atoms with Crippen molar-refractivity contribution in [2.24, 2.45) is 0 Å². The van der Waals surface area contributed by atoms with Crippen LogP contribution in [0.15, 0.2) is 0 Å². The van der Waals surface area contributed by atoms with Crippen LogP contribution in [0.5, 0.6) is 0 Å². The maximum absolute atomic E-state index is 5.53. The number of ether oxygens (including phenoxy) is 1. The Bertz CT molecular complexity index is 459. The number of nitrogens with one attached hydrogen (secondary N) is 1. The Balaban J connectivity index is 2.10. The summed E-state index contributed by atoms with van der Waals surface area (Å²) in [6.07, 6.45) is 0.290. The van der Waals surface area contributed by atoms with Crippen molar-refractivity contribution in [2.75, 3.05) is 19.7 Å². The first-order chi connectivity index (χ1) is 8.36. The van der Waals surface area contributed by atoms with E-state index in [0.717, 1.165) is 32.2 Å². The van der Waals surface area contributed by atoms with Gasteiger partial charge in [0.15, 0.2) is 0 Å². The van der Waals surface area contributed by atoms with Crippen LogP contribution in [-0.4, -0.2) is 45.5 Å². The van der Waals surface area contributed by atoms with Gasteiger partial charge in [-0.1, -0.05) is 20.8 Å². The molecule has 0 amide bonds. The first-order valence-corrected chi connectivity index (χ1v) is 6.78. The van der Waals surface area contributed by atoms with Crippen LogP contribution in [0.25, 0.3) is 0 Å². The highest BCUT2D eigenvalue weighted by Gasteiger charge is 2.21. The summed E-state index contributed by atoms with van der Waals surface area (Å²) in [6.45, 7) is 11.9. The number of aromatic amines is 1. The number of H-pyrrole nitrogens is 1. The molecule has 0 unspecified atom stereocenters. The second kappa shape index (κ2) is 5.11. The van der Waals surface area contributed by atoms with E-state index in [0.29, 0.717) is 4.77 Å². The summed E-state index contributed by atoms with van der Waals surface area (Å²) in [6, 6.07) is 0. The second-order valence-corrected chi connectivity index (χ2v) is 6.30. The van der Waals surface area contributed by atoms with Gasteiger partial charge in [0.1, 0.15) is 5.82 Å². The first kappa shape index (κ1) is 13.7. The van der Waals surface area contributed by atoms with Crippen molar-refractivity contribution in [1.82, 2.24) is 19.7 Å². The molecule has 1 N–H and O–H groups in total. The molecule has 1 aromatic rings. The molecule has 0 aliphatic carbocycles. The lowest BCUT2D eigenvalue weighted by molar-refractivity contribution is -0.0307. The molecule has 0 bridgehead atoms. The predicted octanol–water partition coefficient (Wildman–Crippen LogP) is 1.92. The van der Waals surface area contributed by atoms with Crippen LogP contribution >= 0.6 is 12.2 Å². The minimum absolute atomic E-state index is 0.00287. The Labute approximate surface area is 113 Å². The van der Waals surface area contributed by atoms with Crippen LogP contribution in [0, 0.1) is 4.77 Å². The summed E-state index contributed by atoms with van der Waals surface area (Å²) in [5, 5.41) is 3.30. The molecule has 1 atom stereocenters. The van der Waals surface area contributed by atoms with E-state index in [9.17, 15) is 0 Å². The molecule has 2 rings (SSSR count). The van der Waals surface area contributed by atoms with Crippen molar-refractivity contribution >= 4 is 12.2 Å². The number of nitrogens with zero attached hydrogens (tertiary/aromatic N) is 3. The average Bonchev–Trinajstić information content (AvgIpc) is 2.60. The van der Waals surface area contributed by atoms with Gasteiger partial charge < -0.3 is 4.74 Å². The van der Waals surface area contributed by atoms with Gasteiger partial charge >= 0.3 is 0 Å². The normalized spacial score (nSPS) is 22.3. The second-order valence-electron chi connectivity index (χ2n) is 5.93. The lowest BCUT2D eigenvalue weighted by Crippen LogP contribution is -2.42. The highest BCUT2D eigenvalue weighted by Crippen LogP contribution is 2.17. The Morgan fingerprint density at radius 1 is 1.50 bits per heavy atom. The maximum Gasteiger partial charge on any atom is 0.217 e. The number of morpholine rings is 1. The molecule has 2 heterocycles. The van der Waals surface area contributed by atoms with Crippen LogP contribution in [0.4, 0.5) is 0 Å². The van der Waals surface area contributed by atoms with Crippen molar-refractivity contribution in [3.8, 4) is 0 Å². The molecule has 1 aliphatic heterocycles. The smallest absolute Gasteiger partial charge is 0.217 e. The maximum atomic E-state index is 5.53. The minimum Gasteiger partial charge on any atom is -0.376 e. The van der Waals surface area contributed by atoms with Gasteiger partial charge in [0.25, 0.3) is 0 Å². The van der Waals surface area contributed by atoms with Crippen molar-refractivity contribution < 1.29 is 4.74 Å². The molecule has 6 heteroatoms. The minimum atomic E-state index is -0.00287. The third-order valence-corrected chi connectivity index (χ3v) is 3.37. The van der Waals surface area contributed by atoms with Crippen LogP contribution in [0.2, 0.25) is 0 Å². The lowest BCUT2D eigenvalue weighted by Gasteiger charge is -2.30. The van der Waals surface area contributed by atoms with Crippen LogP contribution in [-0.2, 0) is 16.8 Å². The highest BCUT2D eigenvalue weighted by atomic mass is 32.1. The van der Waals surface area contributed by atoms with Crippen molar-refractivity contribution in [2.45, 2.75) is 45.9 Å². The molecule has 102 valence electrons. The number of rotatable bonds is 2. The zero-order valence-corrected chi connectivity index (χ0v) is 12.4. The molecule has 0 saturated carbocycles. The lowest BCUT2D eigenvalue weighted by atomic mass is 9.96. The molecule has 1 fully saturated rings. The summed E-state index contributed by atoms with van der Waals surface area (Å²) < 4.78 is 8.10. The monoisotopic (exact) mass is 270 g/mol. The third kappa shape index (κ3) is 3.18. The number of hydrogen-bond donors (Lipinski definition) is 1. The third-order valence-electron chi connectivity index (χ3n) is 3.06. The van der Waals surface area contributed by atoms with E-state index in [2.05, 4.69) is 42.7 Å². The van der Waals surface area contributed by atoms with Gasteiger partial charge in [-0.15, -0.1) is 0 Å². The standard InChI is InChI=1S/C12H22N4OS/c1-9-7-15(5-6-17-9)8-16-11(18)13-10(14-16)12(2,3)4/h9H,5-8H2,1-4H3,(H,13,14,18)/t9-/m0/s1. The summed E-state index contributed by atoms with van der Waals surface area (Å²) >= 11 is 5.30. The zero-order chi connectivity index (χ0) is 13.3. The van der Waals surface area contributed by atoms with Crippen LogP contribution < -0.4 is 0 Å². The molecule has 1 saturated heterocycles. The topological polar surface area (TPSA) is 46.1 Å². The summed E-state index contributed by atoms with van der Waals surface area (Å²) in [7, 11) is 0. The average molecular weight is 270 g/mol. The van der Waals surface area contributed by atoms with Gasteiger partial charge in [-0.3, -0.25) is 10.00 Å². The van der Waals surface area contributed by atoms with Gasteiger partial charge in [0, 0.05) is 18.5 Å². The summed E-state index contributed by atoms with van der Waals surface area (Å²) in [5.41, 5.74) is -0.00287. The predicted molar refractivity (Wildman–Crippen MR) is 73.1 cm³/mol. The van der Waals surface area contributed by atoms with Gasteiger partial charge in [-0.25, -0.2) is 9.67 Å². The quantitative estimate of drug-likeness (QED) is 0.834. The molecular formula is C12H22N4OS.